The molecule has 43 heavy (non-hydrogen) atoms. The molecule has 0 saturated carbocycles. The second kappa shape index (κ2) is 16.8. The van der Waals surface area contributed by atoms with Crippen LogP contribution in [0, 0.1) is 5.41 Å². The maximum absolute atomic E-state index is 9.04. The summed E-state index contributed by atoms with van der Waals surface area (Å²) in [4.78, 5) is 24.8. The van der Waals surface area contributed by atoms with Gasteiger partial charge in [0.05, 0.1) is 11.4 Å². The van der Waals surface area contributed by atoms with Crippen molar-refractivity contribution in [1.82, 2.24) is 9.38 Å². The molecule has 7 nitrogen and oxygen atoms in total. The molecule has 0 radical (unpaired) electrons. The van der Waals surface area contributed by atoms with E-state index in [0.29, 0.717) is 18.4 Å². The first-order valence-corrected chi connectivity index (χ1v) is 14.7. The molecule has 1 aliphatic carbocycles. The summed E-state index contributed by atoms with van der Waals surface area (Å²) >= 11 is 12.0. The van der Waals surface area contributed by atoms with Gasteiger partial charge in [-0.1, -0.05) is 88.7 Å². The molecule has 0 spiro atoms. The molecule has 0 bridgehead atoms. The molecular formula is C32H23Br2ClN3NaO4. The zero-order valence-electron chi connectivity index (χ0n) is 23.0. The number of fused-ring (bicyclic) bond motifs is 9. The molecule has 0 aliphatic heterocycles. The zero-order chi connectivity index (χ0) is 30.1. The first-order chi connectivity index (χ1) is 20.5. The van der Waals surface area contributed by atoms with Crippen LogP contribution < -0.4 is 34.8 Å². The largest absolute Gasteiger partial charge is 1.00 e. The van der Waals surface area contributed by atoms with Gasteiger partial charge in [-0.3, -0.25) is 9.20 Å². The van der Waals surface area contributed by atoms with Crippen LogP contribution in [0.5, 0.6) is 0 Å². The number of imidazole rings is 1. The fraction of sp³-hybridized carbons (Fsp3) is 0.0625. The van der Waals surface area contributed by atoms with Gasteiger partial charge in [-0.2, -0.15) is 0 Å². The molecule has 0 unspecified atom stereocenters. The van der Waals surface area contributed by atoms with E-state index in [4.69, 9.17) is 31.9 Å². The number of hydrogen-bond acceptors (Lipinski definition) is 6. The third kappa shape index (κ3) is 7.80. The SMILES string of the molecule is Brc1cccc2c3ccccc3c3nccn3c12.N=C1Cc2c(Br)cccc2-c2ccccc21.O=CCCl.O=CO[O-].[Na+]. The number of rotatable bonds is 2. The summed E-state index contributed by atoms with van der Waals surface area (Å²) in [6.45, 7) is -0.181. The molecule has 212 valence electrons. The van der Waals surface area contributed by atoms with Crippen molar-refractivity contribution in [2.75, 3.05) is 5.88 Å². The number of aldehydes is 1. The van der Waals surface area contributed by atoms with Crippen LogP contribution in [-0.4, -0.2) is 33.7 Å². The number of carbonyl (C=O) groups is 2. The average Bonchev–Trinajstić information content (AvgIpc) is 3.53. The third-order valence-corrected chi connectivity index (χ3v) is 7.95. The number of carbonyl (C=O) groups excluding carboxylic acids is 2. The first-order valence-electron chi connectivity index (χ1n) is 12.5. The van der Waals surface area contributed by atoms with E-state index in [1.54, 1.807) is 0 Å². The van der Waals surface area contributed by atoms with Crippen molar-refractivity contribution in [2.45, 2.75) is 6.42 Å². The van der Waals surface area contributed by atoms with Crippen molar-refractivity contribution in [3.05, 3.63) is 117 Å². The molecule has 4 aromatic carbocycles. The van der Waals surface area contributed by atoms with E-state index in [9.17, 15) is 0 Å². The molecule has 2 aromatic heterocycles. The number of nitrogens with one attached hydrogen (secondary N) is 1. The smallest absolute Gasteiger partial charge is 0.662 e. The van der Waals surface area contributed by atoms with Gasteiger partial charge in [0.2, 0.25) is 0 Å². The van der Waals surface area contributed by atoms with E-state index in [-0.39, 0.29) is 41.9 Å². The minimum atomic E-state index is -0.181. The standard InChI is InChI=1S/C15H9BrN2.C14H10BrN.C2H3ClO.CH2O3.Na/c16-13-7-3-6-11-10-4-1-2-5-12(10)15-17-8-9-18(15)14(11)13;15-13-7-3-6-10-9-4-1-2-5-11(9)14(16)8-12(10)13;3-1-2-4;2-1-4-3;/h1-9H;1-7,16H,8H2;2H,1H2;1,3H;/q;;;;+1/p-1. The summed E-state index contributed by atoms with van der Waals surface area (Å²) in [5.41, 5.74) is 7.60. The van der Waals surface area contributed by atoms with Crippen molar-refractivity contribution < 1.29 is 49.3 Å². The number of aromatic nitrogens is 2. The summed E-state index contributed by atoms with van der Waals surface area (Å²) in [6.07, 6.45) is 5.21. The summed E-state index contributed by atoms with van der Waals surface area (Å²) < 4.78 is 4.33. The molecule has 2 heterocycles. The Morgan fingerprint density at radius 3 is 2.09 bits per heavy atom. The Kier molecular flexibility index (Phi) is 13.5. The Labute approximate surface area is 291 Å². The van der Waals surface area contributed by atoms with Gasteiger partial charge in [0, 0.05) is 49.8 Å². The maximum atomic E-state index is 9.04. The van der Waals surface area contributed by atoms with Gasteiger partial charge >= 0.3 is 29.6 Å². The third-order valence-electron chi connectivity index (χ3n) is 6.44. The van der Waals surface area contributed by atoms with Crippen LogP contribution in [0.3, 0.4) is 0 Å². The molecular weight excluding hydrogens is 709 g/mol. The van der Waals surface area contributed by atoms with Gasteiger partial charge < -0.3 is 20.3 Å². The molecule has 0 fully saturated rings. The van der Waals surface area contributed by atoms with Gasteiger partial charge in [-0.05, 0) is 50.1 Å². The Bertz CT molecular complexity index is 1890. The average molecular weight is 732 g/mol. The van der Waals surface area contributed by atoms with E-state index in [0.717, 1.165) is 20.2 Å². The second-order valence-corrected chi connectivity index (χ2v) is 10.8. The minimum Gasteiger partial charge on any atom is -0.662 e. The summed E-state index contributed by atoms with van der Waals surface area (Å²) in [7, 11) is 0. The number of pyridine rings is 1. The Balaban J connectivity index is 0.000000187. The summed E-state index contributed by atoms with van der Waals surface area (Å²) in [5.74, 6) is 0.111. The van der Waals surface area contributed by atoms with Gasteiger partial charge in [0.1, 0.15) is 11.9 Å². The molecule has 7 rings (SSSR count). The van der Waals surface area contributed by atoms with Crippen LogP contribution in [0.4, 0.5) is 0 Å². The maximum Gasteiger partial charge on any atom is 1.00 e. The van der Waals surface area contributed by atoms with Crippen LogP contribution in [0.25, 0.3) is 38.4 Å². The Morgan fingerprint density at radius 2 is 1.42 bits per heavy atom. The first kappa shape index (κ1) is 34.6. The van der Waals surface area contributed by atoms with Gasteiger partial charge in [0.25, 0.3) is 6.47 Å². The summed E-state index contributed by atoms with van der Waals surface area (Å²) in [6, 6.07) is 29.1. The number of benzene rings is 4. The van der Waals surface area contributed by atoms with Crippen LogP contribution in [-0.2, 0) is 20.9 Å². The molecule has 1 aliphatic rings. The normalized spacial score (nSPS) is 10.8. The zero-order valence-corrected chi connectivity index (χ0v) is 28.9. The number of alkyl halides is 1. The van der Waals surface area contributed by atoms with Crippen LogP contribution >= 0.6 is 43.5 Å². The summed E-state index contributed by atoms with van der Waals surface area (Å²) in [5, 5.41) is 20.2. The number of hydrogen-bond donors (Lipinski definition) is 1. The quantitative estimate of drug-likeness (QED) is 0.0714. The fourth-order valence-electron chi connectivity index (χ4n) is 4.82. The van der Waals surface area contributed by atoms with Gasteiger partial charge in [-0.15, -0.1) is 11.6 Å². The van der Waals surface area contributed by atoms with E-state index >= 15 is 0 Å². The molecule has 0 saturated heterocycles. The molecule has 0 atom stereocenters. The Morgan fingerprint density at radius 1 is 0.860 bits per heavy atom. The Hall–Kier alpha value is -2.89. The van der Waals surface area contributed by atoms with Crippen molar-refractivity contribution in [3.8, 4) is 11.1 Å². The van der Waals surface area contributed by atoms with E-state index in [1.807, 2.05) is 36.7 Å². The number of halogens is 3. The molecule has 6 aromatic rings. The second-order valence-electron chi connectivity index (χ2n) is 8.78. The van der Waals surface area contributed by atoms with Crippen molar-refractivity contribution in [3.63, 3.8) is 0 Å². The number of nitrogens with zero attached hydrogens (tertiary/aromatic N) is 2. The fourth-order valence-corrected chi connectivity index (χ4v) is 5.88. The van der Waals surface area contributed by atoms with E-state index < -0.39 is 0 Å². The minimum absolute atomic E-state index is 0. The van der Waals surface area contributed by atoms with Crippen molar-refractivity contribution in [1.29, 1.82) is 5.41 Å². The predicted molar refractivity (Wildman–Crippen MR) is 172 cm³/mol. The van der Waals surface area contributed by atoms with Gasteiger partial charge in [0.15, 0.2) is 0 Å². The molecule has 1 N–H and O–H groups in total. The topological polar surface area (TPSA) is 108 Å². The number of para-hydroxylation sites is 1. The monoisotopic (exact) mass is 729 g/mol. The van der Waals surface area contributed by atoms with E-state index in [1.165, 1.54) is 38.4 Å². The van der Waals surface area contributed by atoms with Crippen molar-refractivity contribution >= 4 is 89.3 Å². The van der Waals surface area contributed by atoms with Gasteiger partial charge in [-0.25, -0.2) is 4.98 Å². The predicted octanol–water partition coefficient (Wildman–Crippen LogP) is 4.31. The van der Waals surface area contributed by atoms with Crippen molar-refractivity contribution in [2.24, 2.45) is 0 Å². The van der Waals surface area contributed by atoms with Crippen LogP contribution in [0.1, 0.15) is 11.1 Å². The van der Waals surface area contributed by atoms with E-state index in [2.05, 4.69) is 107 Å². The van der Waals surface area contributed by atoms with Crippen LogP contribution in [0.2, 0.25) is 0 Å². The molecule has 11 heteroatoms. The van der Waals surface area contributed by atoms with Crippen LogP contribution in [0.15, 0.2) is 106 Å². The molecule has 0 amide bonds.